The number of hydrogen-bond acceptors (Lipinski definition) is 2. The van der Waals surface area contributed by atoms with E-state index in [9.17, 15) is 9.59 Å². The molecule has 0 spiro atoms. The van der Waals surface area contributed by atoms with Crippen molar-refractivity contribution >= 4 is 22.7 Å². The molecule has 0 aromatic heterocycles. The van der Waals surface area contributed by atoms with Gasteiger partial charge in [0.2, 0.25) is 0 Å². The molecule has 0 saturated heterocycles. The molecular weight excluding hydrogens is 374 g/mol. The fourth-order valence-electron chi connectivity index (χ4n) is 4.10. The van der Waals surface area contributed by atoms with Crippen molar-refractivity contribution in [1.29, 1.82) is 0 Å². The maximum Gasteiger partial charge on any atom is 0.315 e. The highest BCUT2D eigenvalue weighted by Crippen LogP contribution is 2.27. The summed E-state index contributed by atoms with van der Waals surface area (Å²) in [6.07, 6.45) is 0.717. The number of benzene rings is 3. The lowest BCUT2D eigenvalue weighted by molar-refractivity contribution is 0.0642. The van der Waals surface area contributed by atoms with Gasteiger partial charge in [-0.05, 0) is 48.2 Å². The molecule has 1 aliphatic heterocycles. The molecule has 4 rings (SSSR count). The van der Waals surface area contributed by atoms with E-state index in [1.165, 1.54) is 5.56 Å². The average molecular weight is 402 g/mol. The van der Waals surface area contributed by atoms with Crippen LogP contribution in [0.1, 0.15) is 35.3 Å². The van der Waals surface area contributed by atoms with Gasteiger partial charge in [-0.15, -0.1) is 0 Å². The van der Waals surface area contributed by atoms with Gasteiger partial charge in [-0.25, -0.2) is 4.79 Å². The minimum Gasteiger partial charge on any atom is -0.336 e. The number of hydrogen-bond donors (Lipinski definition) is 2. The topological polar surface area (TPSA) is 61.4 Å². The van der Waals surface area contributed by atoms with Crippen LogP contribution in [0.5, 0.6) is 0 Å². The van der Waals surface area contributed by atoms with Crippen molar-refractivity contribution in [2.75, 3.05) is 6.54 Å². The molecule has 1 heterocycles. The van der Waals surface area contributed by atoms with Gasteiger partial charge in [0, 0.05) is 24.7 Å². The minimum atomic E-state index is -0.207. The highest BCUT2D eigenvalue weighted by molar-refractivity contribution is 6.07. The van der Waals surface area contributed by atoms with Crippen LogP contribution >= 0.6 is 0 Å². The number of amides is 3. The third-order valence-electron chi connectivity index (χ3n) is 5.55. The van der Waals surface area contributed by atoms with E-state index in [0.29, 0.717) is 25.1 Å². The van der Waals surface area contributed by atoms with Crippen LogP contribution in [0.3, 0.4) is 0 Å². The normalized spacial score (nSPS) is 15.7. The quantitative estimate of drug-likeness (QED) is 0.691. The van der Waals surface area contributed by atoms with E-state index in [-0.39, 0.29) is 24.0 Å². The molecule has 3 aromatic rings. The van der Waals surface area contributed by atoms with E-state index < -0.39 is 0 Å². The zero-order valence-corrected chi connectivity index (χ0v) is 17.4. The average Bonchev–Trinajstić information content (AvgIpc) is 2.75. The third kappa shape index (κ3) is 4.15. The first-order valence-electron chi connectivity index (χ1n) is 10.4. The molecule has 3 aromatic carbocycles. The lowest BCUT2D eigenvalue weighted by Crippen LogP contribution is -2.52. The van der Waals surface area contributed by atoms with Crippen molar-refractivity contribution in [3.8, 4) is 0 Å². The van der Waals surface area contributed by atoms with Gasteiger partial charge in [0.15, 0.2) is 0 Å². The van der Waals surface area contributed by atoms with E-state index >= 15 is 0 Å². The molecule has 154 valence electrons. The second-order valence-corrected chi connectivity index (χ2v) is 8.10. The Morgan fingerprint density at radius 3 is 2.47 bits per heavy atom. The van der Waals surface area contributed by atoms with Gasteiger partial charge in [0.25, 0.3) is 5.91 Å². The number of nitrogens with zero attached hydrogens (tertiary/aromatic N) is 1. The Morgan fingerprint density at radius 2 is 1.67 bits per heavy atom. The number of fused-ring (bicyclic) bond motifs is 2. The number of carbonyl (C=O) groups excluding carboxylic acids is 2. The monoisotopic (exact) mass is 401 g/mol. The lowest BCUT2D eigenvalue weighted by atomic mass is 9.92. The summed E-state index contributed by atoms with van der Waals surface area (Å²) in [6.45, 7) is 4.79. The van der Waals surface area contributed by atoms with Gasteiger partial charge >= 0.3 is 6.03 Å². The Labute approximate surface area is 177 Å². The predicted octanol–water partition coefficient (Wildman–Crippen LogP) is 4.11. The van der Waals surface area contributed by atoms with Crippen LogP contribution in [0, 0.1) is 0 Å². The molecule has 0 bridgehead atoms. The maximum atomic E-state index is 13.7. The molecule has 0 radical (unpaired) electrons. The summed E-state index contributed by atoms with van der Waals surface area (Å²) in [5.41, 5.74) is 3.09. The number of carbonyl (C=O) groups is 2. The molecule has 0 saturated carbocycles. The Morgan fingerprint density at radius 1 is 0.967 bits per heavy atom. The van der Waals surface area contributed by atoms with Crippen molar-refractivity contribution in [2.45, 2.75) is 38.9 Å². The minimum absolute atomic E-state index is 0.00243. The van der Waals surface area contributed by atoms with E-state index in [1.807, 2.05) is 73.3 Å². The molecule has 0 aliphatic carbocycles. The number of rotatable bonds is 4. The highest BCUT2D eigenvalue weighted by Gasteiger charge is 2.31. The SMILES string of the molecule is CC(C)NC(=O)NCC1Cc2ccccc2CN1C(=O)c1cccc2ccccc12. The summed E-state index contributed by atoms with van der Waals surface area (Å²) in [5, 5.41) is 7.79. The Kier molecular flexibility index (Phi) is 5.70. The first kappa shape index (κ1) is 20.0. The second-order valence-electron chi connectivity index (χ2n) is 8.10. The standard InChI is InChI=1S/C25H27N3O2/c1-17(2)27-25(30)26-15-21-14-19-9-3-4-10-20(19)16-28(21)24(29)23-13-7-11-18-8-5-6-12-22(18)23/h3-13,17,21H,14-16H2,1-2H3,(H2,26,27,30). The van der Waals surface area contributed by atoms with Crippen LogP contribution in [0.4, 0.5) is 4.79 Å². The van der Waals surface area contributed by atoms with Crippen molar-refractivity contribution in [1.82, 2.24) is 15.5 Å². The predicted molar refractivity (Wildman–Crippen MR) is 119 cm³/mol. The summed E-state index contributed by atoms with van der Waals surface area (Å²) in [6, 6.07) is 21.8. The van der Waals surface area contributed by atoms with Crippen molar-refractivity contribution in [2.24, 2.45) is 0 Å². The van der Waals surface area contributed by atoms with Crippen LogP contribution < -0.4 is 10.6 Å². The first-order valence-corrected chi connectivity index (χ1v) is 10.4. The number of urea groups is 1. The fourth-order valence-corrected chi connectivity index (χ4v) is 4.10. The van der Waals surface area contributed by atoms with Crippen LogP contribution in [0.25, 0.3) is 10.8 Å². The molecule has 5 nitrogen and oxygen atoms in total. The van der Waals surface area contributed by atoms with Gasteiger partial charge in [-0.2, -0.15) is 0 Å². The van der Waals surface area contributed by atoms with E-state index in [0.717, 1.165) is 16.3 Å². The zero-order valence-electron chi connectivity index (χ0n) is 17.4. The third-order valence-corrected chi connectivity index (χ3v) is 5.55. The molecular formula is C25H27N3O2. The summed E-state index contributed by atoms with van der Waals surface area (Å²) < 4.78 is 0. The maximum absolute atomic E-state index is 13.7. The molecule has 30 heavy (non-hydrogen) atoms. The second kappa shape index (κ2) is 8.57. The highest BCUT2D eigenvalue weighted by atomic mass is 16.2. The van der Waals surface area contributed by atoms with Gasteiger partial charge < -0.3 is 15.5 Å². The van der Waals surface area contributed by atoms with Crippen molar-refractivity contribution in [3.05, 3.63) is 83.4 Å². The lowest BCUT2D eigenvalue weighted by Gasteiger charge is -2.37. The Balaban J connectivity index is 1.63. The van der Waals surface area contributed by atoms with Crippen LogP contribution in [-0.2, 0) is 13.0 Å². The van der Waals surface area contributed by atoms with Gasteiger partial charge in [-0.1, -0.05) is 60.7 Å². The largest absolute Gasteiger partial charge is 0.336 e. The summed E-state index contributed by atoms with van der Waals surface area (Å²) in [5.74, 6) is -0.00243. The molecule has 2 N–H and O–H groups in total. The zero-order chi connectivity index (χ0) is 21.1. The summed E-state index contributed by atoms with van der Waals surface area (Å²) in [7, 11) is 0. The van der Waals surface area contributed by atoms with Crippen molar-refractivity contribution < 1.29 is 9.59 Å². The van der Waals surface area contributed by atoms with Crippen molar-refractivity contribution in [3.63, 3.8) is 0 Å². The van der Waals surface area contributed by atoms with E-state index in [1.54, 1.807) is 0 Å². The fraction of sp³-hybridized carbons (Fsp3) is 0.280. The Hall–Kier alpha value is -3.34. The molecule has 5 heteroatoms. The Bertz CT molecular complexity index is 1070. The first-order chi connectivity index (χ1) is 14.5. The molecule has 0 fully saturated rings. The van der Waals surface area contributed by atoms with Gasteiger partial charge in [-0.3, -0.25) is 4.79 Å². The smallest absolute Gasteiger partial charge is 0.315 e. The molecule has 1 atom stereocenters. The van der Waals surface area contributed by atoms with Crippen LogP contribution in [0.15, 0.2) is 66.7 Å². The molecule has 1 aliphatic rings. The summed E-state index contributed by atoms with van der Waals surface area (Å²) >= 11 is 0. The van der Waals surface area contributed by atoms with Crippen LogP contribution in [-0.4, -0.2) is 35.5 Å². The van der Waals surface area contributed by atoms with Gasteiger partial charge in [0.05, 0.1) is 6.04 Å². The van der Waals surface area contributed by atoms with E-state index in [4.69, 9.17) is 0 Å². The van der Waals surface area contributed by atoms with Crippen LogP contribution in [0.2, 0.25) is 0 Å². The molecule has 1 unspecified atom stereocenters. The summed E-state index contributed by atoms with van der Waals surface area (Å²) in [4.78, 5) is 27.7. The number of nitrogens with one attached hydrogen (secondary N) is 2. The van der Waals surface area contributed by atoms with Gasteiger partial charge in [0.1, 0.15) is 0 Å². The molecule has 3 amide bonds. The van der Waals surface area contributed by atoms with E-state index in [2.05, 4.69) is 22.8 Å².